The zero-order valence-corrected chi connectivity index (χ0v) is 26.9. The molecule has 0 aliphatic heterocycles. The number of hydrogen-bond acceptors (Lipinski definition) is 5. The topological polar surface area (TPSA) is 96.0 Å². The second-order valence-corrected chi connectivity index (χ2v) is 13.4. The Morgan fingerprint density at radius 3 is 2.33 bits per heavy atom. The van der Waals surface area contributed by atoms with E-state index in [1.165, 1.54) is 24.1 Å². The van der Waals surface area contributed by atoms with E-state index in [1.54, 1.807) is 54.6 Å². The second kappa shape index (κ2) is 14.5. The van der Waals surface area contributed by atoms with Gasteiger partial charge in [0.15, 0.2) is 0 Å². The average molecular weight is 647 g/mol. The number of amides is 2. The third-order valence-corrected chi connectivity index (χ3v) is 10.0. The highest BCUT2D eigenvalue weighted by atomic mass is 35.5. The molecule has 0 heterocycles. The largest absolute Gasteiger partial charge is 0.495 e. The van der Waals surface area contributed by atoms with E-state index in [-0.39, 0.29) is 34.8 Å². The average Bonchev–Trinajstić information content (AvgIpc) is 3.50. The number of anilines is 1. The molecule has 0 unspecified atom stereocenters. The fraction of sp³-hybridized carbons (Fsp3) is 0.375. The molecule has 43 heavy (non-hydrogen) atoms. The third kappa shape index (κ3) is 7.82. The van der Waals surface area contributed by atoms with E-state index in [9.17, 15) is 18.0 Å². The number of aryl methyl sites for hydroxylation is 1. The van der Waals surface area contributed by atoms with Gasteiger partial charge in [0, 0.05) is 22.6 Å². The smallest absolute Gasteiger partial charge is 0.264 e. The summed E-state index contributed by atoms with van der Waals surface area (Å²) in [6, 6.07) is 17.1. The first-order valence-electron chi connectivity index (χ1n) is 14.3. The van der Waals surface area contributed by atoms with Gasteiger partial charge in [0.05, 0.1) is 17.7 Å². The summed E-state index contributed by atoms with van der Waals surface area (Å²) in [6.45, 7) is 3.09. The van der Waals surface area contributed by atoms with Crippen molar-refractivity contribution in [1.82, 2.24) is 10.2 Å². The molecule has 1 atom stereocenters. The predicted octanol–water partition coefficient (Wildman–Crippen LogP) is 6.37. The van der Waals surface area contributed by atoms with Gasteiger partial charge in [-0.3, -0.25) is 13.9 Å². The van der Waals surface area contributed by atoms with E-state index in [4.69, 9.17) is 27.9 Å². The van der Waals surface area contributed by atoms with E-state index < -0.39 is 28.5 Å². The van der Waals surface area contributed by atoms with Crippen LogP contribution in [0.15, 0.2) is 71.6 Å². The van der Waals surface area contributed by atoms with Crippen molar-refractivity contribution >= 4 is 50.7 Å². The van der Waals surface area contributed by atoms with Crippen molar-refractivity contribution in [1.29, 1.82) is 0 Å². The van der Waals surface area contributed by atoms with Crippen LogP contribution in [0, 0.1) is 6.92 Å². The van der Waals surface area contributed by atoms with E-state index in [0.717, 1.165) is 35.6 Å². The van der Waals surface area contributed by atoms with Gasteiger partial charge in [0.1, 0.15) is 18.3 Å². The molecule has 2 amide bonds. The van der Waals surface area contributed by atoms with Crippen LogP contribution in [0.5, 0.6) is 5.75 Å². The van der Waals surface area contributed by atoms with Crippen LogP contribution >= 0.6 is 23.2 Å². The molecule has 11 heteroatoms. The van der Waals surface area contributed by atoms with E-state index in [0.29, 0.717) is 22.0 Å². The molecule has 0 bridgehead atoms. The van der Waals surface area contributed by atoms with Gasteiger partial charge in [-0.25, -0.2) is 8.42 Å². The molecular weight excluding hydrogens is 609 g/mol. The lowest BCUT2D eigenvalue weighted by atomic mass is 10.1. The van der Waals surface area contributed by atoms with Crippen molar-refractivity contribution in [3.05, 3.63) is 87.9 Å². The van der Waals surface area contributed by atoms with Crippen LogP contribution < -0.4 is 14.4 Å². The summed E-state index contributed by atoms with van der Waals surface area (Å²) in [5.74, 6) is -0.566. The Balaban J connectivity index is 1.76. The highest BCUT2D eigenvalue weighted by Gasteiger charge is 2.35. The van der Waals surface area contributed by atoms with Crippen LogP contribution in [0.4, 0.5) is 5.69 Å². The Hall–Kier alpha value is -3.27. The zero-order valence-electron chi connectivity index (χ0n) is 24.6. The molecule has 1 N–H and O–H groups in total. The first-order valence-corrected chi connectivity index (χ1v) is 16.5. The molecule has 0 saturated heterocycles. The number of sulfonamides is 1. The SMILES string of the molecule is CC[C@H](C(=O)NC1CCCC1)N(Cc1ccc(Cl)cc1Cl)C(=O)CN(c1ccccc1OC)S(=O)(=O)c1ccc(C)cc1. The van der Waals surface area contributed by atoms with Crippen molar-refractivity contribution in [3.8, 4) is 5.75 Å². The Labute approximate surface area is 264 Å². The normalized spacial score (nSPS) is 14.3. The van der Waals surface area contributed by atoms with Gasteiger partial charge in [-0.05, 0) is 68.1 Å². The Morgan fingerprint density at radius 1 is 1.02 bits per heavy atom. The monoisotopic (exact) mass is 645 g/mol. The fourth-order valence-electron chi connectivity index (χ4n) is 5.31. The molecule has 8 nitrogen and oxygen atoms in total. The van der Waals surface area contributed by atoms with Crippen molar-refractivity contribution in [2.24, 2.45) is 0 Å². The van der Waals surface area contributed by atoms with Crippen LogP contribution in [-0.4, -0.2) is 50.9 Å². The number of para-hydroxylation sites is 2. The standard InChI is InChI=1S/C32H37Cl2N3O5S/c1-4-28(32(39)35-25-9-5-6-10-25)36(20-23-15-16-24(33)19-27(23)34)31(38)21-37(29-11-7-8-12-30(29)42-3)43(40,41)26-17-13-22(2)14-18-26/h7-8,11-19,25,28H,4-6,9-10,20-21H2,1-3H3,(H,35,39)/t28-/m1/s1. The molecule has 3 aromatic carbocycles. The highest BCUT2D eigenvalue weighted by Crippen LogP contribution is 2.33. The summed E-state index contributed by atoms with van der Waals surface area (Å²) in [4.78, 5) is 29.3. The van der Waals surface area contributed by atoms with Crippen LogP contribution in [0.25, 0.3) is 0 Å². The summed E-state index contributed by atoms with van der Waals surface area (Å²) in [7, 11) is -2.79. The van der Waals surface area contributed by atoms with Crippen molar-refractivity contribution < 1.29 is 22.7 Å². The maximum absolute atomic E-state index is 14.3. The maximum atomic E-state index is 14.3. The van der Waals surface area contributed by atoms with E-state index >= 15 is 0 Å². The van der Waals surface area contributed by atoms with E-state index in [1.807, 2.05) is 13.8 Å². The second-order valence-electron chi connectivity index (χ2n) is 10.7. The van der Waals surface area contributed by atoms with Crippen molar-refractivity contribution in [2.45, 2.75) is 69.5 Å². The van der Waals surface area contributed by atoms with Crippen LogP contribution in [0.3, 0.4) is 0 Å². The van der Waals surface area contributed by atoms with Crippen molar-refractivity contribution in [2.75, 3.05) is 18.0 Å². The van der Waals surface area contributed by atoms with E-state index in [2.05, 4.69) is 5.32 Å². The summed E-state index contributed by atoms with van der Waals surface area (Å²) < 4.78 is 34.8. The lowest BCUT2D eigenvalue weighted by Crippen LogP contribution is -2.53. The zero-order chi connectivity index (χ0) is 31.1. The molecular formula is C32H37Cl2N3O5S. The molecule has 1 saturated carbocycles. The Morgan fingerprint density at radius 2 is 1.70 bits per heavy atom. The minimum atomic E-state index is -4.23. The first kappa shape index (κ1) is 32.6. The number of hydrogen-bond donors (Lipinski definition) is 1. The first-order chi connectivity index (χ1) is 20.5. The summed E-state index contributed by atoms with van der Waals surface area (Å²) in [6.07, 6.45) is 4.16. The number of ether oxygens (including phenoxy) is 1. The van der Waals surface area contributed by atoms with Gasteiger partial charge >= 0.3 is 0 Å². The molecule has 1 fully saturated rings. The van der Waals surface area contributed by atoms with Crippen LogP contribution in [0.1, 0.15) is 50.2 Å². The molecule has 0 radical (unpaired) electrons. The number of rotatable bonds is 12. The quantitative estimate of drug-likeness (QED) is 0.247. The van der Waals surface area contributed by atoms with Crippen LogP contribution in [0.2, 0.25) is 10.0 Å². The van der Waals surface area contributed by atoms with Gasteiger partial charge in [-0.15, -0.1) is 0 Å². The number of benzene rings is 3. The number of methoxy groups -OCH3 is 1. The van der Waals surface area contributed by atoms with Gasteiger partial charge in [0.25, 0.3) is 10.0 Å². The van der Waals surface area contributed by atoms with Gasteiger partial charge < -0.3 is 15.0 Å². The minimum absolute atomic E-state index is 0.0181. The van der Waals surface area contributed by atoms with Gasteiger partial charge in [-0.2, -0.15) is 0 Å². The summed E-state index contributed by atoms with van der Waals surface area (Å²) >= 11 is 12.6. The number of carbonyl (C=O) groups excluding carboxylic acids is 2. The number of nitrogens with zero attached hydrogens (tertiary/aromatic N) is 2. The minimum Gasteiger partial charge on any atom is -0.495 e. The molecule has 3 aromatic rings. The summed E-state index contributed by atoms with van der Waals surface area (Å²) in [5, 5.41) is 3.87. The van der Waals surface area contributed by atoms with Gasteiger partial charge in [-0.1, -0.05) is 78.9 Å². The number of halogens is 2. The lowest BCUT2D eigenvalue weighted by Gasteiger charge is -2.34. The van der Waals surface area contributed by atoms with Crippen molar-refractivity contribution in [3.63, 3.8) is 0 Å². The molecule has 4 rings (SSSR count). The fourth-order valence-corrected chi connectivity index (χ4v) is 7.20. The Bertz CT molecular complexity index is 1540. The van der Waals surface area contributed by atoms with Crippen LogP contribution in [-0.2, 0) is 26.2 Å². The predicted molar refractivity (Wildman–Crippen MR) is 170 cm³/mol. The number of carbonyl (C=O) groups is 2. The molecule has 1 aliphatic rings. The molecule has 0 spiro atoms. The van der Waals surface area contributed by atoms with Gasteiger partial charge in [0.2, 0.25) is 11.8 Å². The number of nitrogens with one attached hydrogen (secondary N) is 1. The Kier molecular flexibility index (Phi) is 11.0. The maximum Gasteiger partial charge on any atom is 0.264 e. The highest BCUT2D eigenvalue weighted by molar-refractivity contribution is 7.92. The lowest BCUT2D eigenvalue weighted by molar-refractivity contribution is -0.140. The summed E-state index contributed by atoms with van der Waals surface area (Å²) in [5.41, 5.74) is 1.67. The third-order valence-electron chi connectivity index (χ3n) is 7.68. The molecule has 1 aliphatic carbocycles. The molecule has 0 aromatic heterocycles. The molecule has 230 valence electrons.